The van der Waals surface area contributed by atoms with Crippen molar-refractivity contribution in [1.82, 2.24) is 0 Å². The van der Waals surface area contributed by atoms with Crippen molar-refractivity contribution in [3.8, 4) is 11.3 Å². The van der Waals surface area contributed by atoms with Crippen LogP contribution in [-0.2, 0) is 19.9 Å². The molecule has 24 heavy (non-hydrogen) atoms. The van der Waals surface area contributed by atoms with Crippen LogP contribution in [0.25, 0.3) is 22.2 Å². The van der Waals surface area contributed by atoms with E-state index in [2.05, 4.69) is 55.8 Å². The Morgan fingerprint density at radius 1 is 0.958 bits per heavy atom. The molecule has 124 valence electrons. The van der Waals surface area contributed by atoms with Crippen molar-refractivity contribution >= 4 is 10.9 Å². The first kappa shape index (κ1) is 16.6. The van der Waals surface area contributed by atoms with Crippen LogP contribution in [0, 0.1) is 19.7 Å². The van der Waals surface area contributed by atoms with Gasteiger partial charge in [0.05, 0.1) is 5.39 Å². The van der Waals surface area contributed by atoms with Gasteiger partial charge >= 0.3 is 0 Å². The minimum atomic E-state index is -0.0352. The quantitative estimate of drug-likeness (QED) is 0.583. The molecule has 3 aromatic rings. The highest BCUT2D eigenvalue weighted by molar-refractivity contribution is 5.82. The smallest absolute Gasteiger partial charge is 0.206 e. The lowest BCUT2D eigenvalue weighted by Gasteiger charge is -2.12. The van der Waals surface area contributed by atoms with E-state index in [0.29, 0.717) is 12.8 Å². The number of fused-ring (bicyclic) bond motifs is 1. The van der Waals surface area contributed by atoms with Gasteiger partial charge in [0.2, 0.25) is 11.2 Å². The first-order valence-corrected chi connectivity index (χ1v) is 8.68. The van der Waals surface area contributed by atoms with Gasteiger partial charge in [0.1, 0.15) is 12.9 Å². The summed E-state index contributed by atoms with van der Waals surface area (Å²) in [5, 5.41) is 1.02. The predicted molar refractivity (Wildman–Crippen MR) is 98.7 cm³/mol. The van der Waals surface area contributed by atoms with E-state index in [1.807, 2.05) is 19.9 Å². The van der Waals surface area contributed by atoms with E-state index in [4.69, 9.17) is 0 Å². The van der Waals surface area contributed by atoms with Gasteiger partial charge in [-0.05, 0) is 49.9 Å². The minimum Gasteiger partial charge on any atom is -0.206 e. The largest absolute Gasteiger partial charge is 0.213 e. The Morgan fingerprint density at radius 3 is 2.38 bits per heavy atom. The Labute approximate surface area is 143 Å². The molecule has 1 nitrogen and oxygen atoms in total. The summed E-state index contributed by atoms with van der Waals surface area (Å²) in [4.78, 5) is 0. The van der Waals surface area contributed by atoms with Crippen LogP contribution >= 0.6 is 0 Å². The molecule has 1 aromatic heterocycles. The van der Waals surface area contributed by atoms with Gasteiger partial charge in [0, 0.05) is 23.3 Å². The van der Waals surface area contributed by atoms with Gasteiger partial charge < -0.3 is 0 Å². The number of hydrogen-bond donors (Lipinski definition) is 0. The molecule has 3 rings (SSSR count). The van der Waals surface area contributed by atoms with Crippen LogP contribution in [0.15, 0.2) is 36.4 Å². The van der Waals surface area contributed by atoms with Gasteiger partial charge in [0.25, 0.3) is 0 Å². The van der Waals surface area contributed by atoms with Gasteiger partial charge in [-0.3, -0.25) is 0 Å². The molecule has 0 aliphatic heterocycles. The first-order valence-electron chi connectivity index (χ1n) is 8.68. The van der Waals surface area contributed by atoms with Gasteiger partial charge in [-0.15, -0.1) is 0 Å². The number of nitrogens with zero attached hydrogens (tertiary/aromatic N) is 1. The summed E-state index contributed by atoms with van der Waals surface area (Å²) in [6.45, 7) is 8.29. The number of halogens is 1. The third-order valence-electron chi connectivity index (χ3n) is 4.99. The molecule has 0 aliphatic carbocycles. The van der Waals surface area contributed by atoms with Crippen LogP contribution in [0.5, 0.6) is 0 Å². The lowest BCUT2D eigenvalue weighted by atomic mass is 9.97. The summed E-state index contributed by atoms with van der Waals surface area (Å²) in [5.41, 5.74) is 7.63. The second-order valence-electron chi connectivity index (χ2n) is 6.56. The second kappa shape index (κ2) is 6.35. The average Bonchev–Trinajstić information content (AvgIpc) is 2.57. The van der Waals surface area contributed by atoms with Crippen molar-refractivity contribution in [2.24, 2.45) is 7.05 Å². The number of benzene rings is 2. The summed E-state index contributed by atoms with van der Waals surface area (Å²) in [7, 11) is 2.08. The van der Waals surface area contributed by atoms with Gasteiger partial charge in [-0.25, -0.2) is 4.39 Å². The fourth-order valence-electron chi connectivity index (χ4n) is 3.53. The van der Waals surface area contributed by atoms with Crippen LogP contribution in [0.4, 0.5) is 4.39 Å². The van der Waals surface area contributed by atoms with E-state index in [0.717, 1.165) is 22.0 Å². The molecule has 0 atom stereocenters. The van der Waals surface area contributed by atoms with Crippen LogP contribution in [0.2, 0.25) is 0 Å². The molecule has 0 aliphatic rings. The number of aryl methyl sites for hydroxylation is 5. The minimum absolute atomic E-state index is 0.0352. The zero-order valence-electron chi connectivity index (χ0n) is 15.2. The maximum absolute atomic E-state index is 14.7. The molecule has 0 radical (unpaired) electrons. The summed E-state index contributed by atoms with van der Waals surface area (Å²) < 4.78 is 16.9. The predicted octanol–water partition coefficient (Wildman–Crippen LogP) is 5.21. The Morgan fingerprint density at radius 2 is 1.71 bits per heavy atom. The molecule has 0 spiro atoms. The van der Waals surface area contributed by atoms with Gasteiger partial charge in [-0.2, -0.15) is 4.57 Å². The number of rotatable bonds is 3. The first-order chi connectivity index (χ1) is 11.5. The maximum atomic E-state index is 14.7. The normalized spacial score (nSPS) is 11.2. The van der Waals surface area contributed by atoms with E-state index < -0.39 is 0 Å². The summed E-state index contributed by atoms with van der Waals surface area (Å²) in [6, 6.07) is 12.7. The van der Waals surface area contributed by atoms with Crippen molar-refractivity contribution in [2.45, 2.75) is 40.5 Å². The fraction of sp³-hybridized carbons (Fsp3) is 0.318. The SMILES string of the molecule is CCc1cc2c(ccc(-c3cc(C)ccc3C)[n+]2C)c(CC)c1F. The molecule has 0 unspecified atom stereocenters. The van der Waals surface area contributed by atoms with Crippen molar-refractivity contribution in [3.63, 3.8) is 0 Å². The molecular weight excluding hydrogens is 297 g/mol. The average molecular weight is 322 g/mol. The zero-order chi connectivity index (χ0) is 17.4. The Bertz CT molecular complexity index is 925. The van der Waals surface area contributed by atoms with Gasteiger partial charge in [0.15, 0.2) is 0 Å². The highest BCUT2D eigenvalue weighted by Gasteiger charge is 2.20. The number of aromatic nitrogens is 1. The lowest BCUT2D eigenvalue weighted by molar-refractivity contribution is -0.633. The van der Waals surface area contributed by atoms with E-state index in [1.165, 1.54) is 22.4 Å². The summed E-state index contributed by atoms with van der Waals surface area (Å²) in [5.74, 6) is -0.0352. The lowest BCUT2D eigenvalue weighted by Crippen LogP contribution is -2.32. The van der Waals surface area contributed by atoms with E-state index >= 15 is 0 Å². The molecule has 0 saturated carbocycles. The number of pyridine rings is 1. The third-order valence-corrected chi connectivity index (χ3v) is 4.99. The topological polar surface area (TPSA) is 3.88 Å². The van der Waals surface area contributed by atoms with Crippen LogP contribution in [-0.4, -0.2) is 0 Å². The third kappa shape index (κ3) is 2.60. The Hall–Kier alpha value is -2.22. The van der Waals surface area contributed by atoms with E-state index in [1.54, 1.807) is 0 Å². The molecule has 1 heterocycles. The Balaban J connectivity index is 2.36. The molecule has 2 heteroatoms. The highest BCUT2D eigenvalue weighted by atomic mass is 19.1. The van der Waals surface area contributed by atoms with Crippen LogP contribution in [0.3, 0.4) is 0 Å². The second-order valence-corrected chi connectivity index (χ2v) is 6.56. The molecular formula is C22H25FN+. The van der Waals surface area contributed by atoms with Crippen molar-refractivity contribution in [1.29, 1.82) is 0 Å². The van der Waals surface area contributed by atoms with Crippen molar-refractivity contribution in [2.75, 3.05) is 0 Å². The maximum Gasteiger partial charge on any atom is 0.213 e. The molecule has 0 amide bonds. The number of hydrogen-bond acceptors (Lipinski definition) is 0. The van der Waals surface area contributed by atoms with Crippen molar-refractivity contribution in [3.05, 3.63) is 64.5 Å². The molecule has 0 bridgehead atoms. The van der Waals surface area contributed by atoms with Crippen LogP contribution < -0.4 is 4.57 Å². The molecule has 0 N–H and O–H groups in total. The van der Waals surface area contributed by atoms with Crippen molar-refractivity contribution < 1.29 is 8.96 Å². The monoisotopic (exact) mass is 322 g/mol. The standard InChI is InChI=1S/C22H25FN/c1-6-16-13-21-18(17(7-2)22(16)23)10-11-20(24(21)5)19-12-14(3)8-9-15(19)4/h8-13H,6-7H2,1-5H3/q+1. The molecule has 0 saturated heterocycles. The van der Waals surface area contributed by atoms with E-state index in [-0.39, 0.29) is 5.82 Å². The summed E-state index contributed by atoms with van der Waals surface area (Å²) in [6.07, 6.45) is 1.42. The fourth-order valence-corrected chi connectivity index (χ4v) is 3.53. The van der Waals surface area contributed by atoms with Crippen LogP contribution in [0.1, 0.15) is 36.1 Å². The molecule has 0 fully saturated rings. The zero-order valence-corrected chi connectivity index (χ0v) is 15.2. The summed E-state index contributed by atoms with van der Waals surface area (Å²) >= 11 is 0. The van der Waals surface area contributed by atoms with Gasteiger partial charge in [-0.1, -0.05) is 31.5 Å². The molecule has 2 aromatic carbocycles. The Kier molecular flexibility index (Phi) is 4.40. The highest BCUT2D eigenvalue weighted by Crippen LogP contribution is 2.28. The van der Waals surface area contributed by atoms with E-state index in [9.17, 15) is 4.39 Å².